The molecule has 0 radical (unpaired) electrons. The predicted molar refractivity (Wildman–Crippen MR) is 106 cm³/mol. The third-order valence-electron chi connectivity index (χ3n) is 4.49. The number of benzene rings is 2. The number of hydrogen-bond donors (Lipinski definition) is 1. The van der Waals surface area contributed by atoms with Crippen molar-refractivity contribution in [2.45, 2.75) is 25.7 Å². The van der Waals surface area contributed by atoms with E-state index in [4.69, 9.17) is 27.9 Å². The fraction of sp³-hybridized carbons (Fsp3) is 0.238. The molecule has 0 bridgehead atoms. The summed E-state index contributed by atoms with van der Waals surface area (Å²) in [5, 5.41) is 3.64. The third-order valence-corrected chi connectivity index (χ3v) is 5.06. The Hall–Kier alpha value is -2.30. The number of nitrogens with one attached hydrogen (secondary N) is 1. The van der Waals surface area contributed by atoms with Gasteiger partial charge in [0, 0.05) is 34.5 Å². The maximum Gasteiger partial charge on any atom is 0.336 e. The molecule has 0 fully saturated rings. The Morgan fingerprint density at radius 3 is 2.63 bits per heavy atom. The van der Waals surface area contributed by atoms with Gasteiger partial charge in [0.25, 0.3) is 0 Å². The van der Waals surface area contributed by atoms with Crippen molar-refractivity contribution in [3.05, 3.63) is 81.0 Å². The predicted octanol–water partition coefficient (Wildman–Crippen LogP) is 4.66. The lowest BCUT2D eigenvalue weighted by atomic mass is 9.84. The fourth-order valence-electron chi connectivity index (χ4n) is 3.21. The summed E-state index contributed by atoms with van der Waals surface area (Å²) in [5.74, 6) is -1.07. The van der Waals surface area contributed by atoms with Crippen LogP contribution < -0.4 is 5.32 Å². The van der Waals surface area contributed by atoms with Crippen molar-refractivity contribution >= 4 is 35.1 Å². The summed E-state index contributed by atoms with van der Waals surface area (Å²) in [6, 6.07) is 14.8. The molecule has 2 aromatic carbocycles. The topological polar surface area (TPSA) is 55.4 Å². The van der Waals surface area contributed by atoms with Crippen molar-refractivity contribution in [1.29, 1.82) is 0 Å². The van der Waals surface area contributed by atoms with E-state index in [0.717, 1.165) is 5.56 Å². The maximum absolute atomic E-state index is 12.8. The van der Waals surface area contributed by atoms with Crippen molar-refractivity contribution in [2.75, 3.05) is 6.61 Å². The zero-order valence-electron chi connectivity index (χ0n) is 14.8. The lowest BCUT2D eigenvalue weighted by Crippen LogP contribution is -2.34. The van der Waals surface area contributed by atoms with Crippen LogP contribution >= 0.6 is 23.2 Å². The molecular formula is C21H19Cl2NO3. The quantitative estimate of drug-likeness (QED) is 0.738. The van der Waals surface area contributed by atoms with E-state index in [-0.39, 0.29) is 18.9 Å². The number of carbonyl (C=O) groups excluding carboxylic acids is 2. The summed E-state index contributed by atoms with van der Waals surface area (Å²) in [4.78, 5) is 24.8. The number of hydrogen-bond acceptors (Lipinski definition) is 3. The van der Waals surface area contributed by atoms with E-state index in [0.29, 0.717) is 33.3 Å². The Bertz CT molecular complexity index is 894. The molecule has 0 saturated carbocycles. The van der Waals surface area contributed by atoms with Crippen LogP contribution in [0.3, 0.4) is 0 Å². The molecule has 27 heavy (non-hydrogen) atoms. The highest BCUT2D eigenvalue weighted by atomic mass is 35.5. The highest BCUT2D eigenvalue weighted by Gasteiger charge is 2.33. The van der Waals surface area contributed by atoms with Crippen molar-refractivity contribution in [3.8, 4) is 0 Å². The normalized spacial score (nSPS) is 16.9. The molecule has 1 N–H and O–H groups in total. The van der Waals surface area contributed by atoms with Gasteiger partial charge in [0.05, 0.1) is 12.2 Å². The van der Waals surface area contributed by atoms with Gasteiger partial charge in [0.2, 0.25) is 5.91 Å². The molecule has 140 valence electrons. The van der Waals surface area contributed by atoms with Crippen molar-refractivity contribution < 1.29 is 14.3 Å². The number of esters is 1. The van der Waals surface area contributed by atoms with Crippen LogP contribution in [0.25, 0.3) is 0 Å². The van der Waals surface area contributed by atoms with Gasteiger partial charge < -0.3 is 10.1 Å². The van der Waals surface area contributed by atoms with Gasteiger partial charge >= 0.3 is 5.97 Å². The van der Waals surface area contributed by atoms with Crippen LogP contribution in [0.15, 0.2) is 59.8 Å². The SMILES string of the molecule is CC1=C(C(=O)OCCc2ccccc2)[C@@H](c2ccc(Cl)cc2Cl)CC(=O)N1. The number of allylic oxidation sites excluding steroid dienone is 1. The number of amides is 1. The minimum Gasteiger partial charge on any atom is -0.462 e. The van der Waals surface area contributed by atoms with Gasteiger partial charge in [-0.25, -0.2) is 4.79 Å². The van der Waals surface area contributed by atoms with E-state index in [1.807, 2.05) is 30.3 Å². The summed E-state index contributed by atoms with van der Waals surface area (Å²) in [7, 11) is 0. The highest BCUT2D eigenvalue weighted by molar-refractivity contribution is 6.35. The molecule has 0 spiro atoms. The molecule has 4 nitrogen and oxygen atoms in total. The zero-order valence-corrected chi connectivity index (χ0v) is 16.3. The summed E-state index contributed by atoms with van der Waals surface area (Å²) in [6.45, 7) is 1.95. The molecule has 2 aromatic rings. The molecule has 0 aromatic heterocycles. The molecule has 1 amide bonds. The number of rotatable bonds is 5. The first-order valence-corrected chi connectivity index (χ1v) is 9.38. The van der Waals surface area contributed by atoms with Crippen molar-refractivity contribution in [3.63, 3.8) is 0 Å². The smallest absolute Gasteiger partial charge is 0.336 e. The molecule has 1 heterocycles. The monoisotopic (exact) mass is 403 g/mol. The van der Waals surface area contributed by atoms with Crippen LogP contribution in [0.2, 0.25) is 10.0 Å². The second kappa shape index (κ2) is 8.59. The van der Waals surface area contributed by atoms with Crippen LogP contribution in [-0.2, 0) is 20.7 Å². The van der Waals surface area contributed by atoms with E-state index in [1.54, 1.807) is 25.1 Å². The second-order valence-electron chi connectivity index (χ2n) is 6.38. The molecule has 6 heteroatoms. The first kappa shape index (κ1) is 19.5. The molecule has 0 unspecified atom stereocenters. The number of carbonyl (C=O) groups is 2. The van der Waals surface area contributed by atoms with E-state index < -0.39 is 11.9 Å². The molecule has 3 rings (SSSR count). The third kappa shape index (κ3) is 4.71. The summed E-state index contributed by atoms with van der Waals surface area (Å²) < 4.78 is 5.49. The van der Waals surface area contributed by atoms with E-state index in [9.17, 15) is 9.59 Å². The van der Waals surface area contributed by atoms with Gasteiger partial charge in [0.1, 0.15) is 0 Å². The van der Waals surface area contributed by atoms with E-state index in [1.165, 1.54) is 0 Å². The maximum atomic E-state index is 12.8. The van der Waals surface area contributed by atoms with Gasteiger partial charge in [-0.3, -0.25) is 4.79 Å². The van der Waals surface area contributed by atoms with Gasteiger partial charge in [-0.1, -0.05) is 59.6 Å². The minimum absolute atomic E-state index is 0.127. The lowest BCUT2D eigenvalue weighted by molar-refractivity contribution is -0.139. The second-order valence-corrected chi connectivity index (χ2v) is 7.22. The van der Waals surface area contributed by atoms with Crippen molar-refractivity contribution in [1.82, 2.24) is 5.32 Å². The molecular weight excluding hydrogens is 385 g/mol. The van der Waals surface area contributed by atoms with Crippen LogP contribution in [0, 0.1) is 0 Å². The first-order valence-electron chi connectivity index (χ1n) is 8.62. The van der Waals surface area contributed by atoms with Gasteiger partial charge in [-0.15, -0.1) is 0 Å². The summed E-state index contributed by atoms with van der Waals surface area (Å²) in [6.07, 6.45) is 0.749. The zero-order chi connectivity index (χ0) is 19.4. The lowest BCUT2D eigenvalue weighted by Gasteiger charge is -2.27. The standard InChI is InChI=1S/C21H19Cl2NO3/c1-13-20(21(26)27-10-9-14-5-3-2-4-6-14)17(12-19(25)24-13)16-8-7-15(22)11-18(16)23/h2-8,11,17H,9-10,12H2,1H3,(H,24,25)/t17-/m1/s1. The van der Waals surface area contributed by atoms with Crippen LogP contribution in [0.4, 0.5) is 0 Å². The summed E-state index contributed by atoms with van der Waals surface area (Å²) >= 11 is 12.3. The number of halogens is 2. The Morgan fingerprint density at radius 1 is 1.19 bits per heavy atom. The largest absolute Gasteiger partial charge is 0.462 e. The van der Waals surface area contributed by atoms with Crippen LogP contribution in [0.1, 0.15) is 30.4 Å². The van der Waals surface area contributed by atoms with Crippen LogP contribution in [0.5, 0.6) is 0 Å². The molecule has 1 atom stereocenters. The Kier molecular flexibility index (Phi) is 6.19. The first-order chi connectivity index (χ1) is 13.0. The average molecular weight is 404 g/mol. The van der Waals surface area contributed by atoms with Gasteiger partial charge in [-0.2, -0.15) is 0 Å². The van der Waals surface area contributed by atoms with Gasteiger partial charge in [-0.05, 0) is 30.2 Å². The van der Waals surface area contributed by atoms with Crippen LogP contribution in [-0.4, -0.2) is 18.5 Å². The number of ether oxygens (including phenoxy) is 1. The Labute approximate surface area is 168 Å². The minimum atomic E-state index is -0.465. The average Bonchev–Trinajstić information content (AvgIpc) is 2.62. The Morgan fingerprint density at radius 2 is 1.93 bits per heavy atom. The Balaban J connectivity index is 1.80. The molecule has 1 aliphatic heterocycles. The molecule has 0 aliphatic carbocycles. The van der Waals surface area contributed by atoms with Crippen molar-refractivity contribution in [2.24, 2.45) is 0 Å². The molecule has 0 saturated heterocycles. The summed E-state index contributed by atoms with van der Waals surface area (Å²) in [5.41, 5.74) is 2.69. The van der Waals surface area contributed by atoms with Gasteiger partial charge in [0.15, 0.2) is 0 Å². The fourth-order valence-corrected chi connectivity index (χ4v) is 3.75. The molecule has 1 aliphatic rings. The van der Waals surface area contributed by atoms with E-state index >= 15 is 0 Å². The highest BCUT2D eigenvalue weighted by Crippen LogP contribution is 2.38. The van der Waals surface area contributed by atoms with E-state index in [2.05, 4.69) is 5.32 Å².